The van der Waals surface area contributed by atoms with Gasteiger partial charge in [-0.05, 0) is 24.5 Å². The average Bonchev–Trinajstić information content (AvgIpc) is 2.55. The van der Waals surface area contributed by atoms with Crippen molar-refractivity contribution in [3.63, 3.8) is 0 Å². The summed E-state index contributed by atoms with van der Waals surface area (Å²) in [6, 6.07) is 10.2. The molecular formula is C17H16ClF3N2O2. The fourth-order valence-electron chi connectivity index (χ4n) is 2.25. The summed E-state index contributed by atoms with van der Waals surface area (Å²) >= 11 is 5.54. The van der Waals surface area contributed by atoms with E-state index < -0.39 is 34.8 Å². The van der Waals surface area contributed by atoms with Gasteiger partial charge in [0, 0.05) is 12.7 Å². The Bertz CT molecular complexity index is 789. The van der Waals surface area contributed by atoms with Gasteiger partial charge in [0.15, 0.2) is 0 Å². The van der Waals surface area contributed by atoms with Crippen LogP contribution in [0.5, 0.6) is 0 Å². The fraction of sp³-hybridized carbons (Fsp3) is 0.294. The lowest BCUT2D eigenvalue weighted by molar-refractivity contribution is -0.138. The molecule has 0 aliphatic heterocycles. The maximum atomic E-state index is 12.8. The normalized spacial score (nSPS) is 11.4. The second-order valence-corrected chi connectivity index (χ2v) is 5.85. The quantitative estimate of drug-likeness (QED) is 0.791. The van der Waals surface area contributed by atoms with Crippen molar-refractivity contribution in [1.29, 1.82) is 0 Å². The van der Waals surface area contributed by atoms with Crippen LogP contribution in [0, 0.1) is 0 Å². The van der Waals surface area contributed by atoms with Crippen LogP contribution in [0.2, 0.25) is 5.02 Å². The van der Waals surface area contributed by atoms with E-state index in [1.807, 2.05) is 30.3 Å². The van der Waals surface area contributed by atoms with Gasteiger partial charge in [0.1, 0.15) is 11.6 Å². The molecule has 2 aromatic rings. The summed E-state index contributed by atoms with van der Waals surface area (Å²) in [7, 11) is 0. The molecule has 1 aromatic carbocycles. The predicted octanol–water partition coefficient (Wildman–Crippen LogP) is 3.27. The van der Waals surface area contributed by atoms with Gasteiger partial charge in [-0.1, -0.05) is 41.9 Å². The van der Waals surface area contributed by atoms with Crippen LogP contribution in [-0.2, 0) is 23.9 Å². The lowest BCUT2D eigenvalue weighted by atomic mass is 10.1. The van der Waals surface area contributed by atoms with Crippen molar-refractivity contribution >= 4 is 17.5 Å². The molecular weight excluding hydrogens is 357 g/mol. The van der Waals surface area contributed by atoms with Crippen molar-refractivity contribution in [2.75, 3.05) is 6.54 Å². The van der Waals surface area contributed by atoms with Crippen molar-refractivity contribution in [2.45, 2.75) is 25.6 Å². The summed E-state index contributed by atoms with van der Waals surface area (Å²) in [5.41, 5.74) is -0.791. The first-order chi connectivity index (χ1) is 11.8. The van der Waals surface area contributed by atoms with Gasteiger partial charge in [-0.3, -0.25) is 9.59 Å². The molecule has 1 N–H and O–H groups in total. The molecule has 0 fully saturated rings. The Morgan fingerprint density at radius 2 is 1.88 bits per heavy atom. The molecule has 0 saturated heterocycles. The smallest absolute Gasteiger partial charge is 0.355 e. The zero-order valence-electron chi connectivity index (χ0n) is 13.1. The number of hydrogen-bond donors (Lipinski definition) is 1. The number of nitrogens with zero attached hydrogens (tertiary/aromatic N) is 1. The van der Waals surface area contributed by atoms with E-state index in [0.717, 1.165) is 12.0 Å². The Balaban J connectivity index is 1.92. The molecule has 0 radical (unpaired) electrons. The van der Waals surface area contributed by atoms with E-state index in [1.54, 1.807) is 0 Å². The minimum Gasteiger partial charge on any atom is -0.355 e. The molecule has 0 saturated carbocycles. The molecule has 8 heteroatoms. The van der Waals surface area contributed by atoms with Crippen molar-refractivity contribution in [3.8, 4) is 0 Å². The maximum absolute atomic E-state index is 12.8. The molecule has 25 heavy (non-hydrogen) atoms. The van der Waals surface area contributed by atoms with Crippen LogP contribution >= 0.6 is 11.6 Å². The van der Waals surface area contributed by atoms with Gasteiger partial charge < -0.3 is 9.88 Å². The number of aromatic nitrogens is 1. The third-order valence-electron chi connectivity index (χ3n) is 3.49. The molecule has 2 rings (SSSR count). The molecule has 0 aliphatic rings. The molecule has 4 nitrogen and oxygen atoms in total. The van der Waals surface area contributed by atoms with Crippen molar-refractivity contribution in [1.82, 2.24) is 9.88 Å². The Labute approximate surface area is 147 Å². The summed E-state index contributed by atoms with van der Waals surface area (Å²) in [5.74, 6) is -0.550. The van der Waals surface area contributed by atoms with Gasteiger partial charge in [-0.15, -0.1) is 0 Å². The van der Waals surface area contributed by atoms with Crippen LogP contribution in [-0.4, -0.2) is 17.0 Å². The number of hydrogen-bond acceptors (Lipinski definition) is 2. The Morgan fingerprint density at radius 3 is 2.52 bits per heavy atom. The van der Waals surface area contributed by atoms with E-state index >= 15 is 0 Å². The van der Waals surface area contributed by atoms with E-state index in [9.17, 15) is 22.8 Å². The maximum Gasteiger partial charge on any atom is 0.417 e. The second-order valence-electron chi connectivity index (χ2n) is 5.45. The number of pyridine rings is 1. The summed E-state index contributed by atoms with van der Waals surface area (Å²) in [6.45, 7) is -0.164. The van der Waals surface area contributed by atoms with Crippen molar-refractivity contribution in [3.05, 3.63) is 69.1 Å². The summed E-state index contributed by atoms with van der Waals surface area (Å²) in [5, 5.41) is 2.01. The topological polar surface area (TPSA) is 51.1 Å². The highest BCUT2D eigenvalue weighted by molar-refractivity contribution is 6.30. The van der Waals surface area contributed by atoms with Gasteiger partial charge in [0.05, 0.1) is 5.56 Å². The molecule has 0 spiro atoms. The number of carbonyl (C=O) groups is 1. The number of aryl methyl sites for hydroxylation is 1. The molecule has 1 heterocycles. The first-order valence-corrected chi connectivity index (χ1v) is 7.93. The lowest BCUT2D eigenvalue weighted by Gasteiger charge is -2.12. The van der Waals surface area contributed by atoms with Crippen LogP contribution in [0.15, 0.2) is 47.4 Å². The van der Waals surface area contributed by atoms with Crippen LogP contribution < -0.4 is 10.9 Å². The minimum absolute atomic E-state index is 0.356. The lowest BCUT2D eigenvalue weighted by Crippen LogP contribution is -2.33. The largest absolute Gasteiger partial charge is 0.417 e. The number of halogens is 4. The zero-order chi connectivity index (χ0) is 18.4. The van der Waals surface area contributed by atoms with Crippen molar-refractivity contribution < 1.29 is 18.0 Å². The Morgan fingerprint density at radius 1 is 1.20 bits per heavy atom. The van der Waals surface area contributed by atoms with Crippen LogP contribution in [0.4, 0.5) is 13.2 Å². The molecule has 0 aliphatic carbocycles. The molecule has 1 amide bonds. The first-order valence-electron chi connectivity index (χ1n) is 7.55. The molecule has 0 bridgehead atoms. The van der Waals surface area contributed by atoms with Crippen molar-refractivity contribution in [2.24, 2.45) is 0 Å². The summed E-state index contributed by atoms with van der Waals surface area (Å²) < 4.78 is 38.9. The predicted molar refractivity (Wildman–Crippen MR) is 88.5 cm³/mol. The highest BCUT2D eigenvalue weighted by atomic mass is 35.5. The second kappa shape index (κ2) is 8.20. The third kappa shape index (κ3) is 5.63. The van der Waals surface area contributed by atoms with E-state index in [2.05, 4.69) is 5.32 Å². The number of carbonyl (C=O) groups excluding carboxylic acids is 1. The highest BCUT2D eigenvalue weighted by Crippen LogP contribution is 2.29. The molecule has 0 atom stereocenters. The average molecular weight is 373 g/mol. The van der Waals surface area contributed by atoms with Crippen LogP contribution in [0.25, 0.3) is 0 Å². The number of nitrogens with one attached hydrogen (secondary N) is 1. The first kappa shape index (κ1) is 19.1. The fourth-order valence-corrected chi connectivity index (χ4v) is 2.47. The van der Waals surface area contributed by atoms with Gasteiger partial charge >= 0.3 is 6.18 Å². The number of rotatable bonds is 6. The van der Waals surface area contributed by atoms with Gasteiger partial charge in [0.25, 0.3) is 5.56 Å². The van der Waals surface area contributed by atoms with Crippen LogP contribution in [0.1, 0.15) is 17.5 Å². The minimum atomic E-state index is -4.65. The number of amides is 1. The van der Waals surface area contributed by atoms with E-state index in [-0.39, 0.29) is 0 Å². The van der Waals surface area contributed by atoms with Gasteiger partial charge in [0.2, 0.25) is 5.91 Å². The molecule has 0 unspecified atom stereocenters. The summed E-state index contributed by atoms with van der Waals surface area (Å²) in [6.07, 6.45) is -2.62. The van der Waals surface area contributed by atoms with Gasteiger partial charge in [-0.2, -0.15) is 13.2 Å². The monoisotopic (exact) mass is 372 g/mol. The SMILES string of the molecule is O=C(Cn1cc(C(F)(F)F)cc(Cl)c1=O)NCCCc1ccccc1. The number of alkyl halides is 3. The third-order valence-corrected chi connectivity index (χ3v) is 3.76. The highest BCUT2D eigenvalue weighted by Gasteiger charge is 2.32. The van der Waals surface area contributed by atoms with E-state index in [0.29, 0.717) is 29.8 Å². The summed E-state index contributed by atoms with van der Waals surface area (Å²) in [4.78, 5) is 23.6. The standard InChI is InChI=1S/C17H16ClF3N2O2/c18-14-9-13(17(19,20)21)10-23(16(14)25)11-15(24)22-8-4-7-12-5-2-1-3-6-12/h1-3,5-6,9-10H,4,7-8,11H2,(H,22,24). The van der Waals surface area contributed by atoms with Crippen LogP contribution in [0.3, 0.4) is 0 Å². The molecule has 134 valence electrons. The molecule has 1 aromatic heterocycles. The van der Waals surface area contributed by atoms with Gasteiger partial charge in [-0.25, -0.2) is 0 Å². The zero-order valence-corrected chi connectivity index (χ0v) is 13.9. The number of benzene rings is 1. The Hall–Kier alpha value is -2.28. The van der Waals surface area contributed by atoms with E-state index in [4.69, 9.17) is 11.6 Å². The van der Waals surface area contributed by atoms with E-state index in [1.165, 1.54) is 0 Å². The Kier molecular flexibility index (Phi) is 6.25.